The van der Waals surface area contributed by atoms with Gasteiger partial charge in [0.05, 0.1) is 11.9 Å². The second-order valence-corrected chi connectivity index (χ2v) is 2.74. The van der Waals surface area contributed by atoms with Crippen molar-refractivity contribution in [3.63, 3.8) is 0 Å². The van der Waals surface area contributed by atoms with Gasteiger partial charge in [-0.1, -0.05) is 0 Å². The largest absolute Gasteiger partial charge is 0.545 e. The summed E-state index contributed by atoms with van der Waals surface area (Å²) < 4.78 is 0. The molecular formula is C8H8AgO4-2. The number of aliphatic carboxylic acids is 2. The normalized spacial score (nSPS) is 16.3. The molecule has 1 rings (SSSR count). The summed E-state index contributed by atoms with van der Waals surface area (Å²) in [5.74, 6) is -2.76. The van der Waals surface area contributed by atoms with Crippen LogP contribution >= 0.6 is 0 Å². The standard InChI is InChI=1S/C8H10O4.Ag/c9-7(10)5-3-1-2-4-6(5)8(11)12;/h1-4H2,(H,9,10)(H,11,12);/p-2. The first kappa shape index (κ1) is 12.4. The van der Waals surface area contributed by atoms with Crippen molar-refractivity contribution < 1.29 is 42.2 Å². The minimum absolute atomic E-state index is 0. The average molecular weight is 276 g/mol. The Labute approximate surface area is 91.1 Å². The van der Waals surface area contributed by atoms with E-state index in [1.165, 1.54) is 0 Å². The maximum atomic E-state index is 10.4. The molecular weight excluding hydrogens is 268 g/mol. The second-order valence-electron chi connectivity index (χ2n) is 2.74. The van der Waals surface area contributed by atoms with Crippen molar-refractivity contribution in [3.8, 4) is 0 Å². The fourth-order valence-electron chi connectivity index (χ4n) is 1.36. The molecule has 0 aromatic rings. The van der Waals surface area contributed by atoms with E-state index in [-0.39, 0.29) is 46.4 Å². The monoisotopic (exact) mass is 275 g/mol. The Kier molecular flexibility index (Phi) is 4.98. The van der Waals surface area contributed by atoms with E-state index < -0.39 is 11.9 Å². The van der Waals surface area contributed by atoms with Crippen LogP contribution in [0, 0.1) is 0 Å². The molecule has 0 N–H and O–H groups in total. The summed E-state index contributed by atoms with van der Waals surface area (Å²) in [6, 6.07) is 0. The van der Waals surface area contributed by atoms with Gasteiger partial charge in [-0.05, 0) is 36.8 Å². The molecule has 0 heterocycles. The van der Waals surface area contributed by atoms with E-state index in [1.807, 2.05) is 0 Å². The number of carboxylic acid groups (broad SMARTS) is 2. The van der Waals surface area contributed by atoms with Crippen LogP contribution in [0.2, 0.25) is 0 Å². The van der Waals surface area contributed by atoms with Crippen LogP contribution in [-0.2, 0) is 32.0 Å². The molecule has 0 bridgehead atoms. The Bertz CT molecular complexity index is 231. The third-order valence-corrected chi connectivity index (χ3v) is 1.96. The van der Waals surface area contributed by atoms with Crippen LogP contribution in [0.15, 0.2) is 11.1 Å². The SMILES string of the molecule is O=C([O-])C1=C(C(=O)[O-])CCCC1.[Ag]. The molecule has 1 radical (unpaired) electrons. The van der Waals surface area contributed by atoms with Gasteiger partial charge in [0.25, 0.3) is 0 Å². The fourth-order valence-corrected chi connectivity index (χ4v) is 1.36. The minimum Gasteiger partial charge on any atom is -0.545 e. The van der Waals surface area contributed by atoms with E-state index >= 15 is 0 Å². The molecule has 0 spiro atoms. The molecule has 1 aliphatic rings. The maximum absolute atomic E-state index is 10.4. The Morgan fingerprint density at radius 2 is 1.23 bits per heavy atom. The van der Waals surface area contributed by atoms with Crippen molar-refractivity contribution in [2.75, 3.05) is 0 Å². The molecule has 0 amide bonds. The molecule has 0 aromatic carbocycles. The Hall–Kier alpha value is -0.580. The van der Waals surface area contributed by atoms with Crippen LogP contribution < -0.4 is 10.2 Å². The number of carbonyl (C=O) groups is 2. The van der Waals surface area contributed by atoms with Gasteiger partial charge in [0.1, 0.15) is 0 Å². The van der Waals surface area contributed by atoms with Crippen molar-refractivity contribution in [1.29, 1.82) is 0 Å². The van der Waals surface area contributed by atoms with E-state index in [2.05, 4.69) is 0 Å². The maximum Gasteiger partial charge on any atom is 0.0678 e. The predicted molar refractivity (Wildman–Crippen MR) is 35.5 cm³/mol. The molecule has 0 saturated carbocycles. The molecule has 0 fully saturated rings. The van der Waals surface area contributed by atoms with E-state index in [4.69, 9.17) is 0 Å². The average Bonchev–Trinajstić information content (AvgIpc) is 2.04. The first-order valence-corrected chi connectivity index (χ1v) is 3.77. The zero-order valence-corrected chi connectivity index (χ0v) is 8.25. The van der Waals surface area contributed by atoms with Crippen molar-refractivity contribution in [2.24, 2.45) is 0 Å². The molecule has 77 valence electrons. The molecule has 0 saturated heterocycles. The van der Waals surface area contributed by atoms with Gasteiger partial charge in [0.15, 0.2) is 0 Å². The number of carboxylic acids is 2. The van der Waals surface area contributed by atoms with Crippen molar-refractivity contribution >= 4 is 11.9 Å². The van der Waals surface area contributed by atoms with E-state index in [9.17, 15) is 19.8 Å². The van der Waals surface area contributed by atoms with Crippen LogP contribution in [-0.4, -0.2) is 11.9 Å². The van der Waals surface area contributed by atoms with Crippen LogP contribution in [0.3, 0.4) is 0 Å². The summed E-state index contributed by atoms with van der Waals surface area (Å²) in [5, 5.41) is 20.8. The van der Waals surface area contributed by atoms with Crippen LogP contribution in [0.1, 0.15) is 25.7 Å². The van der Waals surface area contributed by atoms with Gasteiger partial charge in [-0.3, -0.25) is 0 Å². The van der Waals surface area contributed by atoms with Crippen molar-refractivity contribution in [2.45, 2.75) is 25.7 Å². The Morgan fingerprint density at radius 3 is 1.46 bits per heavy atom. The molecule has 5 heteroatoms. The van der Waals surface area contributed by atoms with E-state index in [1.54, 1.807) is 0 Å². The zero-order valence-electron chi connectivity index (χ0n) is 6.76. The van der Waals surface area contributed by atoms with Crippen LogP contribution in [0.5, 0.6) is 0 Å². The summed E-state index contributed by atoms with van der Waals surface area (Å²) in [7, 11) is 0. The van der Waals surface area contributed by atoms with Gasteiger partial charge in [-0.2, -0.15) is 0 Å². The first-order chi connectivity index (χ1) is 5.63. The predicted octanol–water partition coefficient (Wildman–Crippen LogP) is -1.65. The summed E-state index contributed by atoms with van der Waals surface area (Å²) >= 11 is 0. The van der Waals surface area contributed by atoms with E-state index in [0.717, 1.165) is 0 Å². The topological polar surface area (TPSA) is 80.3 Å². The summed E-state index contributed by atoms with van der Waals surface area (Å²) in [6.07, 6.45) is 1.98. The fraction of sp³-hybridized carbons (Fsp3) is 0.500. The number of hydrogen-bond donors (Lipinski definition) is 0. The smallest absolute Gasteiger partial charge is 0.0678 e. The van der Waals surface area contributed by atoms with E-state index in [0.29, 0.717) is 12.8 Å². The summed E-state index contributed by atoms with van der Waals surface area (Å²) in [4.78, 5) is 20.8. The molecule has 0 atom stereocenters. The summed E-state index contributed by atoms with van der Waals surface area (Å²) in [6.45, 7) is 0. The summed E-state index contributed by atoms with van der Waals surface area (Å²) in [5.41, 5.74) is -0.192. The van der Waals surface area contributed by atoms with Crippen molar-refractivity contribution in [1.82, 2.24) is 0 Å². The van der Waals surface area contributed by atoms with Gasteiger partial charge in [-0.15, -0.1) is 0 Å². The number of carbonyl (C=O) groups excluding carboxylic acids is 2. The Morgan fingerprint density at radius 1 is 0.923 bits per heavy atom. The Balaban J connectivity index is 0.00000144. The molecule has 0 aliphatic heterocycles. The third kappa shape index (κ3) is 2.99. The van der Waals surface area contributed by atoms with Gasteiger partial charge < -0.3 is 19.8 Å². The van der Waals surface area contributed by atoms with Crippen molar-refractivity contribution in [3.05, 3.63) is 11.1 Å². The van der Waals surface area contributed by atoms with Gasteiger partial charge in [-0.25, -0.2) is 0 Å². The first-order valence-electron chi connectivity index (χ1n) is 3.77. The third-order valence-electron chi connectivity index (χ3n) is 1.96. The molecule has 0 unspecified atom stereocenters. The minimum atomic E-state index is -1.38. The molecule has 1 aliphatic carbocycles. The van der Waals surface area contributed by atoms with Crippen LogP contribution in [0.4, 0.5) is 0 Å². The zero-order chi connectivity index (χ0) is 9.14. The number of hydrogen-bond acceptors (Lipinski definition) is 4. The van der Waals surface area contributed by atoms with Gasteiger partial charge >= 0.3 is 0 Å². The number of rotatable bonds is 2. The molecule has 13 heavy (non-hydrogen) atoms. The molecule has 0 aromatic heterocycles. The second kappa shape index (κ2) is 5.21. The molecule has 4 nitrogen and oxygen atoms in total. The quantitative estimate of drug-likeness (QED) is 0.566. The van der Waals surface area contributed by atoms with Gasteiger partial charge in [0.2, 0.25) is 0 Å². The van der Waals surface area contributed by atoms with Gasteiger partial charge in [0, 0.05) is 22.4 Å². The van der Waals surface area contributed by atoms with Crippen LogP contribution in [0.25, 0.3) is 0 Å².